The summed E-state index contributed by atoms with van der Waals surface area (Å²) in [6.07, 6.45) is -0.0514. The van der Waals surface area contributed by atoms with Crippen LogP contribution in [0, 0.1) is 5.92 Å². The van der Waals surface area contributed by atoms with Gasteiger partial charge in [0.1, 0.15) is 11.5 Å². The Morgan fingerprint density at radius 1 is 0.972 bits per heavy atom. The number of methoxy groups -OCH3 is 1. The highest BCUT2D eigenvalue weighted by Gasteiger charge is 2.37. The number of carbonyl (C=O) groups excluding carboxylic acids is 4. The minimum Gasteiger partial charge on any atom is -0.495 e. The molecule has 1 aliphatic rings. The molecule has 0 bridgehead atoms. The van der Waals surface area contributed by atoms with Crippen LogP contribution in [0.3, 0.4) is 0 Å². The van der Waals surface area contributed by atoms with Gasteiger partial charge in [0.05, 0.1) is 24.3 Å². The molecule has 184 valence electrons. The van der Waals surface area contributed by atoms with E-state index in [0.717, 1.165) is 0 Å². The number of nitrogens with zero attached hydrogens (tertiary/aromatic N) is 1. The number of anilines is 1. The number of ether oxygens (including phenoxy) is 3. The monoisotopic (exact) mass is 507 g/mol. The number of benzene rings is 3. The summed E-state index contributed by atoms with van der Waals surface area (Å²) in [5, 5.41) is 0.427. The van der Waals surface area contributed by atoms with Gasteiger partial charge < -0.3 is 19.1 Å². The van der Waals surface area contributed by atoms with Crippen molar-refractivity contribution in [2.24, 2.45) is 5.92 Å². The highest BCUT2D eigenvalue weighted by Crippen LogP contribution is 2.35. The molecule has 1 saturated heterocycles. The third-order valence-corrected chi connectivity index (χ3v) is 5.87. The summed E-state index contributed by atoms with van der Waals surface area (Å²) >= 11 is 6.06. The number of hydrogen-bond donors (Lipinski definition) is 0. The molecule has 1 heterocycles. The van der Waals surface area contributed by atoms with Gasteiger partial charge >= 0.3 is 11.9 Å². The fraction of sp³-hybridized carbons (Fsp3) is 0.185. The fourth-order valence-electron chi connectivity index (χ4n) is 3.76. The summed E-state index contributed by atoms with van der Waals surface area (Å²) in [5.41, 5.74) is 1.16. The van der Waals surface area contributed by atoms with Gasteiger partial charge in [0, 0.05) is 23.6 Å². The van der Waals surface area contributed by atoms with Gasteiger partial charge in [-0.25, -0.2) is 4.79 Å². The van der Waals surface area contributed by atoms with Crippen LogP contribution in [0.1, 0.15) is 27.1 Å². The largest absolute Gasteiger partial charge is 0.495 e. The molecule has 36 heavy (non-hydrogen) atoms. The Labute approximate surface area is 212 Å². The van der Waals surface area contributed by atoms with Crippen molar-refractivity contribution in [3.8, 4) is 11.5 Å². The van der Waals surface area contributed by atoms with E-state index in [4.69, 9.17) is 25.8 Å². The molecule has 0 saturated carbocycles. The third kappa shape index (κ3) is 5.72. The molecule has 0 unspecified atom stereocenters. The molecule has 0 N–H and O–H groups in total. The van der Waals surface area contributed by atoms with Gasteiger partial charge in [0.15, 0.2) is 12.4 Å². The Morgan fingerprint density at radius 2 is 1.69 bits per heavy atom. The van der Waals surface area contributed by atoms with Gasteiger partial charge in [-0.1, -0.05) is 29.8 Å². The Morgan fingerprint density at radius 3 is 2.39 bits per heavy atom. The first kappa shape index (κ1) is 24.9. The lowest BCUT2D eigenvalue weighted by molar-refractivity contribution is -0.147. The first-order valence-electron chi connectivity index (χ1n) is 11.1. The van der Waals surface area contributed by atoms with Crippen LogP contribution < -0.4 is 14.4 Å². The zero-order chi connectivity index (χ0) is 25.7. The van der Waals surface area contributed by atoms with Crippen LogP contribution in [0.15, 0.2) is 72.8 Å². The highest BCUT2D eigenvalue weighted by molar-refractivity contribution is 6.31. The van der Waals surface area contributed by atoms with Crippen molar-refractivity contribution in [2.45, 2.75) is 6.42 Å². The van der Waals surface area contributed by atoms with Crippen molar-refractivity contribution >= 4 is 40.9 Å². The number of ketones is 1. The number of esters is 2. The molecular formula is C27H22ClNO7. The van der Waals surface area contributed by atoms with Gasteiger partial charge in [-0.15, -0.1) is 0 Å². The predicted octanol–water partition coefficient (Wildman–Crippen LogP) is 4.35. The molecule has 3 aromatic rings. The zero-order valence-corrected chi connectivity index (χ0v) is 20.1. The summed E-state index contributed by atoms with van der Waals surface area (Å²) in [4.78, 5) is 51.2. The Kier molecular flexibility index (Phi) is 7.65. The van der Waals surface area contributed by atoms with E-state index < -0.39 is 30.2 Å². The van der Waals surface area contributed by atoms with Crippen LogP contribution in [-0.4, -0.2) is 43.9 Å². The van der Waals surface area contributed by atoms with Crippen molar-refractivity contribution < 1.29 is 33.4 Å². The molecule has 4 rings (SSSR count). The fourth-order valence-corrected chi connectivity index (χ4v) is 3.93. The second kappa shape index (κ2) is 11.0. The van der Waals surface area contributed by atoms with E-state index in [9.17, 15) is 19.2 Å². The Bertz CT molecular complexity index is 1290. The number of hydrogen-bond acceptors (Lipinski definition) is 7. The van der Waals surface area contributed by atoms with Crippen molar-refractivity contribution in [3.05, 3.63) is 88.9 Å². The van der Waals surface area contributed by atoms with Crippen molar-refractivity contribution in [3.63, 3.8) is 0 Å². The molecular weight excluding hydrogens is 486 g/mol. The summed E-state index contributed by atoms with van der Waals surface area (Å²) in [6.45, 7) is -0.392. The van der Waals surface area contributed by atoms with Gasteiger partial charge in [0.2, 0.25) is 5.91 Å². The number of rotatable bonds is 8. The third-order valence-electron chi connectivity index (χ3n) is 5.63. The zero-order valence-electron chi connectivity index (χ0n) is 19.3. The van der Waals surface area contributed by atoms with E-state index in [1.54, 1.807) is 48.5 Å². The molecule has 9 heteroatoms. The Balaban J connectivity index is 1.31. The van der Waals surface area contributed by atoms with Crippen LogP contribution in [-0.2, 0) is 14.3 Å². The smallest absolute Gasteiger partial charge is 0.343 e. The lowest BCUT2D eigenvalue weighted by atomic mass is 10.1. The van der Waals surface area contributed by atoms with E-state index in [1.807, 2.05) is 0 Å². The van der Waals surface area contributed by atoms with Crippen LogP contribution in [0.4, 0.5) is 5.69 Å². The molecule has 8 nitrogen and oxygen atoms in total. The lowest BCUT2D eigenvalue weighted by Crippen LogP contribution is -2.27. The molecule has 0 spiro atoms. The molecule has 1 fully saturated rings. The second-order valence-corrected chi connectivity index (χ2v) is 8.47. The molecule has 0 aromatic heterocycles. The maximum absolute atomic E-state index is 12.6. The van der Waals surface area contributed by atoms with Crippen LogP contribution in [0.5, 0.6) is 11.5 Å². The first-order valence-corrected chi connectivity index (χ1v) is 11.4. The molecule has 3 aromatic carbocycles. The summed E-state index contributed by atoms with van der Waals surface area (Å²) in [6, 6.07) is 19.3. The average molecular weight is 508 g/mol. The highest BCUT2D eigenvalue weighted by atomic mass is 35.5. The van der Waals surface area contributed by atoms with E-state index in [1.165, 1.54) is 36.3 Å². The Hall–Kier alpha value is -4.17. The van der Waals surface area contributed by atoms with Crippen molar-refractivity contribution in [1.29, 1.82) is 0 Å². The normalized spacial score (nSPS) is 14.9. The van der Waals surface area contributed by atoms with Crippen LogP contribution >= 0.6 is 11.6 Å². The first-order chi connectivity index (χ1) is 17.4. The van der Waals surface area contributed by atoms with Gasteiger partial charge in [-0.2, -0.15) is 0 Å². The minimum atomic E-state index is -0.728. The number of amides is 1. The minimum absolute atomic E-state index is 0.0514. The summed E-state index contributed by atoms with van der Waals surface area (Å²) in [5.74, 6) is -1.86. The quantitative estimate of drug-likeness (QED) is 0.254. The number of carbonyl (C=O) groups is 4. The maximum atomic E-state index is 12.6. The standard InChI is InChI=1S/C27H22ClNO7/c1-34-24-12-9-20(28)14-22(24)29-15-19(13-25(29)31)26(32)35-16-23(30)17-7-10-21(11-8-17)36-27(33)18-5-3-2-4-6-18/h2-12,14,19H,13,15-16H2,1H3/t19-/m0/s1. The maximum Gasteiger partial charge on any atom is 0.343 e. The van der Waals surface area contributed by atoms with E-state index in [-0.39, 0.29) is 30.2 Å². The van der Waals surface area contributed by atoms with Crippen LogP contribution in [0.2, 0.25) is 5.02 Å². The summed E-state index contributed by atoms with van der Waals surface area (Å²) in [7, 11) is 1.48. The van der Waals surface area contributed by atoms with E-state index >= 15 is 0 Å². The molecule has 0 aliphatic carbocycles. The number of Topliss-reactive ketones (excluding diaryl/α,β-unsaturated/α-hetero) is 1. The van der Waals surface area contributed by atoms with Crippen LogP contribution in [0.25, 0.3) is 0 Å². The van der Waals surface area contributed by atoms with Crippen molar-refractivity contribution in [1.82, 2.24) is 0 Å². The predicted molar refractivity (Wildman–Crippen MR) is 132 cm³/mol. The lowest BCUT2D eigenvalue weighted by Gasteiger charge is -2.19. The molecule has 1 amide bonds. The second-order valence-electron chi connectivity index (χ2n) is 8.03. The van der Waals surface area contributed by atoms with Gasteiger partial charge in [0.25, 0.3) is 0 Å². The van der Waals surface area contributed by atoms with Gasteiger partial charge in [-0.3, -0.25) is 14.4 Å². The molecule has 1 aliphatic heterocycles. The van der Waals surface area contributed by atoms with Crippen molar-refractivity contribution in [2.75, 3.05) is 25.2 Å². The van der Waals surface area contributed by atoms with E-state index in [0.29, 0.717) is 22.0 Å². The average Bonchev–Trinajstić information content (AvgIpc) is 3.29. The summed E-state index contributed by atoms with van der Waals surface area (Å²) < 4.78 is 15.8. The SMILES string of the molecule is COc1ccc(Cl)cc1N1C[C@@H](C(=O)OCC(=O)c2ccc(OC(=O)c3ccccc3)cc2)CC1=O. The van der Waals surface area contributed by atoms with Gasteiger partial charge in [-0.05, 0) is 54.6 Å². The number of halogens is 1. The molecule has 1 atom stereocenters. The topological polar surface area (TPSA) is 99.2 Å². The van der Waals surface area contributed by atoms with E-state index in [2.05, 4.69) is 0 Å². The molecule has 0 radical (unpaired) electrons.